The van der Waals surface area contributed by atoms with E-state index >= 15 is 0 Å². The highest BCUT2D eigenvalue weighted by Crippen LogP contribution is 2.32. The maximum absolute atomic E-state index is 12.5. The highest BCUT2D eigenvalue weighted by Gasteiger charge is 2.22. The van der Waals surface area contributed by atoms with Gasteiger partial charge in [0.05, 0.1) is 4.88 Å². The van der Waals surface area contributed by atoms with Crippen molar-refractivity contribution < 1.29 is 9.59 Å². The average molecular weight is 448 g/mol. The summed E-state index contributed by atoms with van der Waals surface area (Å²) in [5, 5.41) is 7.43. The van der Waals surface area contributed by atoms with Crippen LogP contribution in [0.3, 0.4) is 0 Å². The van der Waals surface area contributed by atoms with Crippen LogP contribution >= 0.6 is 38.6 Å². The van der Waals surface area contributed by atoms with Gasteiger partial charge in [-0.3, -0.25) is 9.59 Å². The molecule has 1 fully saturated rings. The van der Waals surface area contributed by atoms with Gasteiger partial charge in [0.25, 0.3) is 5.91 Å². The Morgan fingerprint density at radius 3 is 2.85 bits per heavy atom. The molecule has 1 aromatic carbocycles. The minimum absolute atomic E-state index is 0.125. The first-order valence-electron chi connectivity index (χ1n) is 8.02. The van der Waals surface area contributed by atoms with E-state index in [4.69, 9.17) is 0 Å². The standard InChI is InChI=1S/C18H14BrN3O2S2/c19-11-7-15(25-9-11)18-21-14(10-26-18)17(24)20-12-3-1-4-13(8-12)22-6-2-5-16(22)23/h1,3-4,7-10H,2,5-6H2,(H,20,24). The number of rotatable bonds is 4. The minimum atomic E-state index is -0.256. The molecule has 5 nitrogen and oxygen atoms in total. The van der Waals surface area contributed by atoms with Crippen LogP contribution in [0, 0.1) is 0 Å². The largest absolute Gasteiger partial charge is 0.321 e. The van der Waals surface area contributed by atoms with Gasteiger partial charge in [0.1, 0.15) is 10.7 Å². The Hall–Kier alpha value is -2.03. The number of benzene rings is 1. The Balaban J connectivity index is 1.50. The molecule has 0 radical (unpaired) electrons. The van der Waals surface area contributed by atoms with Gasteiger partial charge in [0.2, 0.25) is 5.91 Å². The summed E-state index contributed by atoms with van der Waals surface area (Å²) < 4.78 is 1.01. The third-order valence-corrected chi connectivity index (χ3v) is 6.71. The molecule has 0 bridgehead atoms. The summed E-state index contributed by atoms with van der Waals surface area (Å²) in [6.07, 6.45) is 1.45. The Morgan fingerprint density at radius 2 is 2.12 bits per heavy atom. The van der Waals surface area contributed by atoms with Gasteiger partial charge < -0.3 is 10.2 Å². The second-order valence-corrected chi connectivity index (χ2v) is 8.51. The highest BCUT2D eigenvalue weighted by atomic mass is 79.9. The minimum Gasteiger partial charge on any atom is -0.321 e. The zero-order valence-electron chi connectivity index (χ0n) is 13.6. The molecular weight excluding hydrogens is 434 g/mol. The van der Waals surface area contributed by atoms with Crippen molar-refractivity contribution in [1.29, 1.82) is 0 Å². The maximum Gasteiger partial charge on any atom is 0.275 e. The summed E-state index contributed by atoms with van der Waals surface area (Å²) in [6.45, 7) is 0.724. The van der Waals surface area contributed by atoms with Crippen LogP contribution in [0.4, 0.5) is 11.4 Å². The second kappa shape index (κ2) is 7.30. The molecule has 0 saturated carbocycles. The molecule has 2 aromatic heterocycles. The second-order valence-electron chi connectivity index (χ2n) is 5.82. The highest BCUT2D eigenvalue weighted by molar-refractivity contribution is 9.10. The molecule has 1 saturated heterocycles. The third kappa shape index (κ3) is 3.58. The molecule has 8 heteroatoms. The fourth-order valence-corrected chi connectivity index (χ4v) is 5.09. The SMILES string of the molecule is O=C(Nc1cccc(N2CCCC2=O)c1)c1csc(-c2cc(Br)cs2)n1. The van der Waals surface area contributed by atoms with Gasteiger partial charge in [-0.05, 0) is 46.6 Å². The summed E-state index contributed by atoms with van der Waals surface area (Å²) in [4.78, 5) is 31.6. The number of nitrogens with zero attached hydrogens (tertiary/aromatic N) is 2. The van der Waals surface area contributed by atoms with E-state index in [1.54, 1.807) is 21.6 Å². The van der Waals surface area contributed by atoms with Crippen LogP contribution in [-0.4, -0.2) is 23.3 Å². The van der Waals surface area contributed by atoms with Crippen LogP contribution in [0.25, 0.3) is 9.88 Å². The molecule has 1 aliphatic rings. The number of carbonyl (C=O) groups is 2. The summed E-state index contributed by atoms with van der Waals surface area (Å²) in [5.74, 6) is -0.132. The monoisotopic (exact) mass is 447 g/mol. The molecular formula is C18H14BrN3O2S2. The van der Waals surface area contributed by atoms with Crippen LogP contribution in [0.1, 0.15) is 23.3 Å². The van der Waals surface area contributed by atoms with Gasteiger partial charge in [0, 0.05) is 39.6 Å². The van der Waals surface area contributed by atoms with E-state index < -0.39 is 0 Å². The molecule has 132 valence electrons. The first kappa shape index (κ1) is 17.4. The number of hydrogen-bond acceptors (Lipinski definition) is 5. The Morgan fingerprint density at radius 1 is 1.23 bits per heavy atom. The first-order chi connectivity index (χ1) is 12.6. The molecule has 3 heterocycles. The number of thiazole rings is 1. The Bertz CT molecular complexity index is 982. The van der Waals surface area contributed by atoms with Crippen molar-refractivity contribution in [2.45, 2.75) is 12.8 Å². The average Bonchev–Trinajstić information content (AvgIpc) is 3.35. The topological polar surface area (TPSA) is 62.3 Å². The van der Waals surface area contributed by atoms with E-state index in [9.17, 15) is 9.59 Å². The summed E-state index contributed by atoms with van der Waals surface area (Å²) in [5.41, 5.74) is 1.85. The van der Waals surface area contributed by atoms with Crippen molar-refractivity contribution in [3.8, 4) is 9.88 Å². The quantitative estimate of drug-likeness (QED) is 0.610. The molecule has 4 rings (SSSR count). The van der Waals surface area contributed by atoms with Gasteiger partial charge in [0.15, 0.2) is 0 Å². The number of anilines is 2. The summed E-state index contributed by atoms with van der Waals surface area (Å²) in [7, 11) is 0. The molecule has 0 unspecified atom stereocenters. The van der Waals surface area contributed by atoms with Crippen LogP contribution in [0.2, 0.25) is 0 Å². The predicted octanol–water partition coefficient (Wildman–Crippen LogP) is 5.01. The van der Waals surface area contributed by atoms with Gasteiger partial charge in [-0.15, -0.1) is 22.7 Å². The zero-order chi connectivity index (χ0) is 18.1. The van der Waals surface area contributed by atoms with Crippen molar-refractivity contribution in [2.75, 3.05) is 16.8 Å². The van der Waals surface area contributed by atoms with Crippen LogP contribution in [-0.2, 0) is 4.79 Å². The van der Waals surface area contributed by atoms with Crippen LogP contribution in [0.15, 0.2) is 45.6 Å². The molecule has 3 aromatic rings. The Kier molecular flexibility index (Phi) is 4.88. The first-order valence-corrected chi connectivity index (χ1v) is 10.6. The molecule has 0 aliphatic carbocycles. The molecule has 1 N–H and O–H groups in total. The third-order valence-electron chi connectivity index (χ3n) is 4.00. The lowest BCUT2D eigenvalue weighted by molar-refractivity contribution is -0.117. The molecule has 26 heavy (non-hydrogen) atoms. The van der Waals surface area contributed by atoms with Gasteiger partial charge in [-0.2, -0.15) is 0 Å². The number of amides is 2. The zero-order valence-corrected chi connectivity index (χ0v) is 16.8. The smallest absolute Gasteiger partial charge is 0.275 e. The lowest BCUT2D eigenvalue weighted by Gasteiger charge is -2.16. The number of aromatic nitrogens is 1. The molecule has 1 aliphatic heterocycles. The van der Waals surface area contributed by atoms with Crippen molar-refractivity contribution in [2.24, 2.45) is 0 Å². The normalized spacial score (nSPS) is 14.0. The van der Waals surface area contributed by atoms with Gasteiger partial charge >= 0.3 is 0 Å². The summed E-state index contributed by atoms with van der Waals surface area (Å²) >= 11 is 6.45. The fourth-order valence-electron chi connectivity index (χ4n) is 2.78. The number of halogens is 1. The van der Waals surface area contributed by atoms with Crippen LogP contribution in [0.5, 0.6) is 0 Å². The molecule has 0 atom stereocenters. The van der Waals surface area contributed by atoms with E-state index in [-0.39, 0.29) is 11.8 Å². The number of thiophene rings is 1. The number of hydrogen-bond donors (Lipinski definition) is 1. The van der Waals surface area contributed by atoms with Crippen molar-refractivity contribution in [3.05, 3.63) is 51.3 Å². The van der Waals surface area contributed by atoms with E-state index in [2.05, 4.69) is 26.2 Å². The number of carbonyl (C=O) groups excluding carboxylic acids is 2. The van der Waals surface area contributed by atoms with Crippen molar-refractivity contribution in [1.82, 2.24) is 4.98 Å². The maximum atomic E-state index is 12.5. The lowest BCUT2D eigenvalue weighted by atomic mass is 10.2. The summed E-state index contributed by atoms with van der Waals surface area (Å²) in [6, 6.07) is 9.35. The Labute approximate surface area is 166 Å². The predicted molar refractivity (Wildman–Crippen MR) is 109 cm³/mol. The van der Waals surface area contributed by atoms with Crippen molar-refractivity contribution >= 4 is 61.8 Å². The van der Waals surface area contributed by atoms with Gasteiger partial charge in [-0.1, -0.05) is 6.07 Å². The van der Waals surface area contributed by atoms with Crippen LogP contribution < -0.4 is 10.2 Å². The van der Waals surface area contributed by atoms with E-state index in [1.807, 2.05) is 35.7 Å². The van der Waals surface area contributed by atoms with E-state index in [0.717, 1.165) is 33.0 Å². The molecule has 0 spiro atoms. The van der Waals surface area contributed by atoms with E-state index in [0.29, 0.717) is 17.8 Å². The fraction of sp³-hybridized carbons (Fsp3) is 0.167. The van der Waals surface area contributed by atoms with Crippen molar-refractivity contribution in [3.63, 3.8) is 0 Å². The molecule has 2 amide bonds. The van der Waals surface area contributed by atoms with Gasteiger partial charge in [-0.25, -0.2) is 4.98 Å². The van der Waals surface area contributed by atoms with E-state index in [1.165, 1.54) is 11.3 Å². The number of nitrogens with one attached hydrogen (secondary N) is 1. The lowest BCUT2D eigenvalue weighted by Crippen LogP contribution is -2.23.